The van der Waals surface area contributed by atoms with E-state index in [0.29, 0.717) is 6.54 Å². The van der Waals surface area contributed by atoms with E-state index < -0.39 is 17.8 Å². The second-order valence-electron chi connectivity index (χ2n) is 6.25. The van der Waals surface area contributed by atoms with Gasteiger partial charge in [-0.2, -0.15) is 0 Å². The lowest BCUT2D eigenvalue weighted by Crippen LogP contribution is -3.09. The van der Waals surface area contributed by atoms with Crippen LogP contribution in [0.15, 0.2) is 24.3 Å². The molecule has 2 rings (SSSR count). The molecule has 1 heterocycles. The molecule has 4 amide bonds. The highest BCUT2D eigenvalue weighted by Crippen LogP contribution is 2.12. The Kier molecular flexibility index (Phi) is 5.10. The summed E-state index contributed by atoms with van der Waals surface area (Å²) in [6.07, 6.45) is 0. The van der Waals surface area contributed by atoms with Gasteiger partial charge in [-0.1, -0.05) is 26.0 Å². The molecule has 23 heavy (non-hydrogen) atoms. The molecule has 1 N–H and O–H groups in total. The molecular formula is C16H21FN3O3+. The van der Waals surface area contributed by atoms with Crippen LogP contribution in [0.1, 0.15) is 19.4 Å². The molecule has 0 spiro atoms. The number of rotatable bonds is 6. The summed E-state index contributed by atoms with van der Waals surface area (Å²) in [5.41, 5.74) is 0.756. The number of halogens is 1. The lowest BCUT2D eigenvalue weighted by molar-refractivity contribution is -0.901. The normalized spacial score (nSPS) is 16.7. The molecular weight excluding hydrogens is 301 g/mol. The number of carbonyl (C=O) groups excluding carboxylic acids is 3. The summed E-state index contributed by atoms with van der Waals surface area (Å²) in [6, 6.07) is 5.57. The van der Waals surface area contributed by atoms with Gasteiger partial charge in [0.25, 0.3) is 0 Å². The number of carbonyl (C=O) groups is 3. The third-order valence-electron chi connectivity index (χ3n) is 3.51. The minimum atomic E-state index is -0.797. The molecule has 1 atom stereocenters. The number of amides is 4. The van der Waals surface area contributed by atoms with Gasteiger partial charge >= 0.3 is 17.8 Å². The number of urea groups is 1. The van der Waals surface area contributed by atoms with Gasteiger partial charge in [0.2, 0.25) is 0 Å². The van der Waals surface area contributed by atoms with Gasteiger partial charge in [-0.15, -0.1) is 0 Å². The summed E-state index contributed by atoms with van der Waals surface area (Å²) in [5, 5.41) is 0. The van der Waals surface area contributed by atoms with E-state index in [2.05, 4.69) is 0 Å². The van der Waals surface area contributed by atoms with Gasteiger partial charge in [0.05, 0.1) is 7.05 Å². The van der Waals surface area contributed by atoms with Crippen molar-refractivity contribution < 1.29 is 23.7 Å². The Morgan fingerprint density at radius 2 is 1.78 bits per heavy atom. The maximum Gasteiger partial charge on any atom is 0.338 e. The molecule has 1 unspecified atom stereocenters. The fraction of sp³-hybridized carbons (Fsp3) is 0.438. The second kappa shape index (κ2) is 6.87. The number of nitrogens with one attached hydrogen (secondary N) is 1. The Morgan fingerprint density at radius 3 is 2.39 bits per heavy atom. The van der Waals surface area contributed by atoms with Gasteiger partial charge < -0.3 is 4.90 Å². The van der Waals surface area contributed by atoms with E-state index in [1.54, 1.807) is 19.2 Å². The van der Waals surface area contributed by atoms with Crippen LogP contribution < -0.4 is 4.90 Å². The third kappa shape index (κ3) is 3.92. The predicted molar refractivity (Wildman–Crippen MR) is 80.7 cm³/mol. The molecule has 1 aliphatic rings. The zero-order valence-corrected chi connectivity index (χ0v) is 13.5. The van der Waals surface area contributed by atoms with E-state index in [9.17, 15) is 18.8 Å². The summed E-state index contributed by atoms with van der Waals surface area (Å²) < 4.78 is 13.2. The predicted octanol–water partition coefficient (Wildman–Crippen LogP) is 0.245. The maximum absolute atomic E-state index is 13.2. The first-order chi connectivity index (χ1) is 10.8. The molecule has 1 aliphatic heterocycles. The van der Waals surface area contributed by atoms with Crippen molar-refractivity contribution in [3.8, 4) is 0 Å². The molecule has 1 fully saturated rings. The molecule has 1 aromatic carbocycles. The maximum atomic E-state index is 13.2. The molecule has 124 valence electrons. The van der Waals surface area contributed by atoms with Crippen molar-refractivity contribution in [1.29, 1.82) is 0 Å². The quantitative estimate of drug-likeness (QED) is 0.603. The van der Waals surface area contributed by atoms with Crippen LogP contribution in [0, 0.1) is 11.7 Å². The van der Waals surface area contributed by atoms with Crippen molar-refractivity contribution in [2.45, 2.75) is 20.4 Å². The number of quaternary nitrogens is 1. The van der Waals surface area contributed by atoms with Crippen LogP contribution in [0.4, 0.5) is 9.18 Å². The van der Waals surface area contributed by atoms with E-state index in [1.165, 1.54) is 12.1 Å². The van der Waals surface area contributed by atoms with E-state index in [1.807, 2.05) is 13.8 Å². The van der Waals surface area contributed by atoms with E-state index in [-0.39, 0.29) is 24.9 Å². The van der Waals surface area contributed by atoms with Crippen molar-refractivity contribution in [3.05, 3.63) is 35.6 Å². The summed E-state index contributed by atoms with van der Waals surface area (Å²) in [6.45, 7) is 4.47. The minimum absolute atomic E-state index is 0.0640. The Morgan fingerprint density at radius 1 is 1.13 bits per heavy atom. The Hall–Kier alpha value is -2.28. The zero-order valence-electron chi connectivity index (χ0n) is 13.5. The van der Waals surface area contributed by atoms with Gasteiger partial charge in [-0.05, 0) is 18.1 Å². The average Bonchev–Trinajstić information content (AvgIpc) is 2.64. The summed E-state index contributed by atoms with van der Waals surface area (Å²) >= 11 is 0. The molecule has 1 aromatic rings. The molecule has 0 aromatic heterocycles. The molecule has 0 aliphatic carbocycles. The van der Waals surface area contributed by atoms with Crippen molar-refractivity contribution >= 4 is 17.8 Å². The fourth-order valence-electron chi connectivity index (χ4n) is 2.54. The number of imide groups is 2. The van der Waals surface area contributed by atoms with E-state index in [4.69, 9.17) is 0 Å². The van der Waals surface area contributed by atoms with Gasteiger partial charge in [-0.25, -0.2) is 14.1 Å². The van der Waals surface area contributed by atoms with Gasteiger partial charge in [0.15, 0.2) is 6.67 Å². The van der Waals surface area contributed by atoms with Crippen LogP contribution in [-0.2, 0) is 16.1 Å². The number of hydrogen-bond acceptors (Lipinski definition) is 3. The Labute approximate surface area is 134 Å². The minimum Gasteiger partial charge on any atom is -0.316 e. The first-order valence-corrected chi connectivity index (χ1v) is 7.52. The van der Waals surface area contributed by atoms with Gasteiger partial charge in [0.1, 0.15) is 12.4 Å². The van der Waals surface area contributed by atoms with Crippen LogP contribution in [0.25, 0.3) is 0 Å². The van der Waals surface area contributed by atoms with Crippen LogP contribution in [0.2, 0.25) is 0 Å². The zero-order chi connectivity index (χ0) is 17.1. The molecule has 0 radical (unpaired) electrons. The van der Waals surface area contributed by atoms with Crippen LogP contribution >= 0.6 is 0 Å². The highest BCUT2D eigenvalue weighted by Gasteiger charge is 2.45. The largest absolute Gasteiger partial charge is 0.338 e. The van der Waals surface area contributed by atoms with Gasteiger partial charge in [-0.3, -0.25) is 14.5 Å². The standard InChI is InChI=1S/C16H20FN3O3/c1-11(2)8-19-14(21)15(22)20(16(19)23)10-18(3)9-12-5-4-6-13(17)7-12/h4-7,11H,8-10H2,1-3H3/p+1. The molecule has 6 nitrogen and oxygen atoms in total. The van der Waals surface area contributed by atoms with Crippen molar-refractivity contribution in [2.24, 2.45) is 5.92 Å². The Balaban J connectivity index is 2.03. The SMILES string of the molecule is CC(C)CN1C(=O)C(=O)N(C[NH+](C)Cc2cccc(F)c2)C1=O. The first kappa shape index (κ1) is 17.1. The topological polar surface area (TPSA) is 62.1 Å². The molecule has 7 heteroatoms. The molecule has 0 saturated carbocycles. The highest BCUT2D eigenvalue weighted by atomic mass is 19.1. The van der Waals surface area contributed by atoms with Crippen LogP contribution in [0.3, 0.4) is 0 Å². The van der Waals surface area contributed by atoms with Crippen LogP contribution in [0.5, 0.6) is 0 Å². The molecule has 1 saturated heterocycles. The monoisotopic (exact) mass is 322 g/mol. The van der Waals surface area contributed by atoms with Crippen LogP contribution in [-0.4, -0.2) is 47.9 Å². The number of benzene rings is 1. The molecule has 0 bridgehead atoms. The van der Waals surface area contributed by atoms with Crippen molar-refractivity contribution in [1.82, 2.24) is 9.80 Å². The lowest BCUT2D eigenvalue weighted by Gasteiger charge is -2.20. The van der Waals surface area contributed by atoms with Crippen molar-refractivity contribution in [2.75, 3.05) is 20.3 Å². The smallest absolute Gasteiger partial charge is 0.316 e. The van der Waals surface area contributed by atoms with Crippen molar-refractivity contribution in [3.63, 3.8) is 0 Å². The summed E-state index contributed by atoms with van der Waals surface area (Å²) in [7, 11) is 1.78. The van der Waals surface area contributed by atoms with E-state index >= 15 is 0 Å². The number of hydrogen-bond donors (Lipinski definition) is 1. The highest BCUT2D eigenvalue weighted by molar-refractivity contribution is 6.44. The third-order valence-corrected chi connectivity index (χ3v) is 3.51. The number of nitrogens with zero attached hydrogens (tertiary/aromatic N) is 2. The first-order valence-electron chi connectivity index (χ1n) is 7.52. The Bertz CT molecular complexity index is 633. The fourth-order valence-corrected chi connectivity index (χ4v) is 2.54. The second-order valence-corrected chi connectivity index (χ2v) is 6.25. The summed E-state index contributed by atoms with van der Waals surface area (Å²) in [5.74, 6) is -1.81. The summed E-state index contributed by atoms with van der Waals surface area (Å²) in [4.78, 5) is 38.9. The lowest BCUT2D eigenvalue weighted by atomic mass is 10.2. The average molecular weight is 322 g/mol. The van der Waals surface area contributed by atoms with Gasteiger partial charge in [0, 0.05) is 12.1 Å². The van der Waals surface area contributed by atoms with E-state index in [0.717, 1.165) is 20.3 Å².